The maximum atomic E-state index is 12.7. The first-order valence-corrected chi connectivity index (χ1v) is 4.85. The molecule has 0 spiro atoms. The number of hydrogen-bond acceptors (Lipinski definition) is 2. The van der Waals surface area contributed by atoms with Crippen molar-refractivity contribution in [3.8, 4) is 0 Å². The topological polar surface area (TPSA) is 54.4 Å². The number of Topliss-reactive ketones (excluding diaryl/α,β-unsaturated/α-hetero) is 1. The Morgan fingerprint density at radius 3 is 2.22 bits per heavy atom. The number of aliphatic carboxylic acids is 1. The largest absolute Gasteiger partial charge is 0.478 e. The van der Waals surface area contributed by atoms with Crippen molar-refractivity contribution in [1.29, 1.82) is 0 Å². The van der Waals surface area contributed by atoms with E-state index < -0.39 is 34.6 Å². The Balaban J connectivity index is 3.48. The van der Waals surface area contributed by atoms with Crippen LogP contribution in [-0.2, 0) is 15.8 Å². The van der Waals surface area contributed by atoms with E-state index in [9.17, 15) is 22.8 Å². The summed E-state index contributed by atoms with van der Waals surface area (Å²) in [6.07, 6.45) is -4.17. The van der Waals surface area contributed by atoms with E-state index in [1.807, 2.05) is 0 Å². The Hall–Kier alpha value is -2.11. The van der Waals surface area contributed by atoms with Crippen LogP contribution >= 0.6 is 0 Å². The van der Waals surface area contributed by atoms with Crippen molar-refractivity contribution < 1.29 is 27.9 Å². The molecule has 3 nitrogen and oxygen atoms in total. The normalized spacial score (nSPS) is 12.3. The summed E-state index contributed by atoms with van der Waals surface area (Å²) in [4.78, 5) is 21.8. The molecule has 18 heavy (non-hydrogen) atoms. The molecule has 0 saturated carbocycles. The van der Waals surface area contributed by atoms with Crippen LogP contribution in [0.1, 0.15) is 18.1 Å². The smallest absolute Gasteiger partial charge is 0.417 e. The number of alkyl halides is 3. The van der Waals surface area contributed by atoms with E-state index in [2.05, 4.69) is 0 Å². The average Bonchev–Trinajstić information content (AvgIpc) is 2.24. The van der Waals surface area contributed by atoms with Crippen LogP contribution in [0, 0.1) is 0 Å². The number of rotatable bonds is 3. The van der Waals surface area contributed by atoms with Gasteiger partial charge in [-0.2, -0.15) is 13.2 Å². The lowest BCUT2D eigenvalue weighted by atomic mass is 9.96. The summed E-state index contributed by atoms with van der Waals surface area (Å²) >= 11 is 0. The Morgan fingerprint density at radius 1 is 1.22 bits per heavy atom. The van der Waals surface area contributed by atoms with E-state index in [0.29, 0.717) is 6.08 Å². The molecule has 0 aliphatic carbocycles. The van der Waals surface area contributed by atoms with Crippen LogP contribution in [0.5, 0.6) is 0 Å². The van der Waals surface area contributed by atoms with Gasteiger partial charge in [-0.25, -0.2) is 4.79 Å². The summed E-state index contributed by atoms with van der Waals surface area (Å²) in [5.41, 5.74) is -1.94. The van der Waals surface area contributed by atoms with E-state index in [1.54, 1.807) is 0 Å². The highest BCUT2D eigenvalue weighted by Crippen LogP contribution is 2.35. The van der Waals surface area contributed by atoms with Crippen LogP contribution in [0.15, 0.2) is 30.3 Å². The van der Waals surface area contributed by atoms with Gasteiger partial charge in [-0.05, 0) is 18.6 Å². The number of carboxylic acids is 1. The van der Waals surface area contributed by atoms with E-state index in [1.165, 1.54) is 12.1 Å². The van der Waals surface area contributed by atoms with Crippen LogP contribution in [0.3, 0.4) is 0 Å². The van der Waals surface area contributed by atoms with Gasteiger partial charge < -0.3 is 5.11 Å². The van der Waals surface area contributed by atoms with Gasteiger partial charge in [-0.15, -0.1) is 0 Å². The predicted octanol–water partition coefficient (Wildman–Crippen LogP) is 2.76. The van der Waals surface area contributed by atoms with Crippen molar-refractivity contribution in [2.45, 2.75) is 13.1 Å². The number of benzene rings is 1. The SMILES string of the molecule is CC(=O)C(=CC(=O)O)c1ccccc1C(F)(F)F. The van der Waals surface area contributed by atoms with E-state index >= 15 is 0 Å². The maximum absolute atomic E-state index is 12.7. The summed E-state index contributed by atoms with van der Waals surface area (Å²) in [5.74, 6) is -2.22. The van der Waals surface area contributed by atoms with Crippen molar-refractivity contribution in [3.05, 3.63) is 41.5 Å². The van der Waals surface area contributed by atoms with Crippen LogP contribution in [-0.4, -0.2) is 16.9 Å². The van der Waals surface area contributed by atoms with E-state index in [4.69, 9.17) is 5.11 Å². The summed E-state index contributed by atoms with van der Waals surface area (Å²) in [7, 11) is 0. The van der Waals surface area contributed by atoms with Crippen molar-refractivity contribution in [3.63, 3.8) is 0 Å². The molecule has 0 fully saturated rings. The standard InChI is InChI=1S/C12H9F3O3/c1-7(16)9(6-11(17)18)8-4-2-3-5-10(8)12(13,14)15/h2-6H,1H3,(H,17,18). The fraction of sp³-hybridized carbons (Fsp3) is 0.167. The summed E-state index contributed by atoms with van der Waals surface area (Å²) in [5, 5.41) is 8.58. The Labute approximate surface area is 101 Å². The lowest BCUT2D eigenvalue weighted by molar-refractivity contribution is -0.138. The number of hydrogen-bond donors (Lipinski definition) is 1. The molecule has 0 bridgehead atoms. The van der Waals surface area contributed by atoms with Gasteiger partial charge in [0.05, 0.1) is 5.56 Å². The number of carbonyl (C=O) groups excluding carboxylic acids is 1. The molecule has 0 aliphatic rings. The molecule has 1 rings (SSSR count). The minimum Gasteiger partial charge on any atom is -0.478 e. The number of carboxylic acid groups (broad SMARTS) is 1. The van der Waals surface area contributed by atoms with Crippen molar-refractivity contribution in [2.24, 2.45) is 0 Å². The molecule has 0 atom stereocenters. The van der Waals surface area contributed by atoms with Crippen LogP contribution in [0.25, 0.3) is 5.57 Å². The number of halogens is 3. The number of allylic oxidation sites excluding steroid dienone is 1. The number of ketones is 1. The molecule has 96 valence electrons. The zero-order chi connectivity index (χ0) is 13.9. The molecule has 1 aromatic carbocycles. The first-order valence-electron chi connectivity index (χ1n) is 4.85. The number of carbonyl (C=O) groups is 2. The van der Waals surface area contributed by atoms with E-state index in [0.717, 1.165) is 19.1 Å². The second kappa shape index (κ2) is 5.03. The molecule has 0 aliphatic heterocycles. The average molecular weight is 258 g/mol. The fourth-order valence-electron chi connectivity index (χ4n) is 1.46. The highest BCUT2D eigenvalue weighted by Gasteiger charge is 2.34. The minimum atomic E-state index is -4.65. The summed E-state index contributed by atoms with van der Waals surface area (Å²) < 4.78 is 38.2. The van der Waals surface area contributed by atoms with Gasteiger partial charge in [0.2, 0.25) is 0 Å². The lowest BCUT2D eigenvalue weighted by Gasteiger charge is -2.13. The maximum Gasteiger partial charge on any atom is 0.417 e. The minimum absolute atomic E-state index is 0.431. The Kier molecular flexibility index (Phi) is 3.90. The fourth-order valence-corrected chi connectivity index (χ4v) is 1.46. The van der Waals surface area contributed by atoms with Gasteiger partial charge in [0, 0.05) is 11.6 Å². The molecular weight excluding hydrogens is 249 g/mol. The molecule has 0 aromatic heterocycles. The van der Waals surface area contributed by atoms with Crippen LogP contribution < -0.4 is 0 Å². The second-order valence-corrected chi connectivity index (χ2v) is 3.50. The van der Waals surface area contributed by atoms with E-state index in [-0.39, 0.29) is 0 Å². The van der Waals surface area contributed by atoms with Crippen molar-refractivity contribution >= 4 is 17.3 Å². The van der Waals surface area contributed by atoms with Gasteiger partial charge in [0.25, 0.3) is 0 Å². The van der Waals surface area contributed by atoms with Crippen molar-refractivity contribution in [2.75, 3.05) is 0 Å². The predicted molar refractivity (Wildman–Crippen MR) is 57.7 cm³/mol. The lowest BCUT2D eigenvalue weighted by Crippen LogP contribution is -2.11. The molecule has 0 heterocycles. The molecule has 0 amide bonds. The molecular formula is C12H9F3O3. The quantitative estimate of drug-likeness (QED) is 0.848. The second-order valence-electron chi connectivity index (χ2n) is 3.50. The highest BCUT2D eigenvalue weighted by molar-refractivity contribution is 6.23. The van der Waals surface area contributed by atoms with Gasteiger partial charge in [0.15, 0.2) is 5.78 Å². The zero-order valence-corrected chi connectivity index (χ0v) is 9.28. The zero-order valence-electron chi connectivity index (χ0n) is 9.28. The van der Waals surface area contributed by atoms with Gasteiger partial charge in [-0.3, -0.25) is 4.79 Å². The first-order chi connectivity index (χ1) is 8.23. The third-order valence-corrected chi connectivity index (χ3v) is 2.17. The third kappa shape index (κ3) is 3.19. The third-order valence-electron chi connectivity index (χ3n) is 2.17. The Morgan fingerprint density at radius 2 is 1.78 bits per heavy atom. The first kappa shape index (κ1) is 14.0. The molecule has 0 radical (unpaired) electrons. The van der Waals surface area contributed by atoms with Gasteiger partial charge in [-0.1, -0.05) is 18.2 Å². The van der Waals surface area contributed by atoms with Gasteiger partial charge in [0.1, 0.15) is 0 Å². The highest BCUT2D eigenvalue weighted by atomic mass is 19.4. The molecule has 0 saturated heterocycles. The monoisotopic (exact) mass is 258 g/mol. The van der Waals surface area contributed by atoms with Crippen molar-refractivity contribution in [1.82, 2.24) is 0 Å². The summed E-state index contributed by atoms with van der Waals surface area (Å²) in [6.45, 7) is 1.02. The Bertz CT molecular complexity index is 516. The van der Waals surface area contributed by atoms with Crippen LogP contribution in [0.2, 0.25) is 0 Å². The summed E-state index contributed by atoms with van der Waals surface area (Å²) in [6, 6.07) is 4.35. The molecule has 0 unspecified atom stereocenters. The molecule has 1 aromatic rings. The van der Waals surface area contributed by atoms with Gasteiger partial charge >= 0.3 is 12.1 Å². The van der Waals surface area contributed by atoms with Crippen LogP contribution in [0.4, 0.5) is 13.2 Å². The molecule has 6 heteroatoms. The molecule has 1 N–H and O–H groups in total.